The molecule has 0 aromatic heterocycles. The zero-order chi connectivity index (χ0) is 11.5. The minimum absolute atomic E-state index is 0.00733. The van der Waals surface area contributed by atoms with Crippen LogP contribution in [0.3, 0.4) is 0 Å². The van der Waals surface area contributed by atoms with Crippen molar-refractivity contribution in [1.29, 1.82) is 0 Å². The lowest BCUT2D eigenvalue weighted by molar-refractivity contribution is -0.114. The Hall–Kier alpha value is -1.57. The van der Waals surface area contributed by atoms with E-state index in [4.69, 9.17) is 0 Å². The minimum atomic E-state index is -0.00733. The van der Waals surface area contributed by atoms with E-state index in [0.717, 1.165) is 18.5 Å². The van der Waals surface area contributed by atoms with Crippen LogP contribution in [-0.2, 0) is 4.79 Å². The molecule has 2 rings (SSSR count). The lowest BCUT2D eigenvalue weighted by Gasteiger charge is -2.15. The van der Waals surface area contributed by atoms with Crippen molar-refractivity contribution in [2.45, 2.75) is 32.6 Å². The Balaban J connectivity index is 2.35. The molecule has 1 unspecified atom stereocenters. The quantitative estimate of drug-likeness (QED) is 0.753. The lowest BCUT2D eigenvalue weighted by atomic mass is 9.95. The van der Waals surface area contributed by atoms with Gasteiger partial charge in [-0.15, -0.1) is 0 Å². The maximum atomic E-state index is 11.1. The number of nitrogens with one attached hydrogen (secondary N) is 1. The number of hydrogen-bond donors (Lipinski definition) is 1. The average molecular weight is 215 g/mol. The van der Waals surface area contributed by atoms with E-state index < -0.39 is 0 Å². The van der Waals surface area contributed by atoms with Crippen molar-refractivity contribution in [3.05, 3.63) is 41.5 Å². The van der Waals surface area contributed by atoms with Crippen molar-refractivity contribution < 1.29 is 4.79 Å². The highest BCUT2D eigenvalue weighted by Crippen LogP contribution is 2.33. The molecule has 1 aliphatic carbocycles. The van der Waals surface area contributed by atoms with Crippen molar-refractivity contribution in [1.82, 2.24) is 0 Å². The highest BCUT2D eigenvalue weighted by Gasteiger charge is 2.16. The third-order valence-corrected chi connectivity index (χ3v) is 2.93. The summed E-state index contributed by atoms with van der Waals surface area (Å²) in [6.07, 6.45) is 6.73. The van der Waals surface area contributed by atoms with Crippen LogP contribution in [0, 0.1) is 6.92 Å². The van der Waals surface area contributed by atoms with E-state index >= 15 is 0 Å². The molecule has 0 spiro atoms. The molecule has 0 aliphatic heterocycles. The smallest absolute Gasteiger partial charge is 0.221 e. The van der Waals surface area contributed by atoms with E-state index in [9.17, 15) is 4.79 Å². The Kier molecular flexibility index (Phi) is 3.09. The van der Waals surface area contributed by atoms with Crippen molar-refractivity contribution in [2.75, 3.05) is 5.32 Å². The van der Waals surface area contributed by atoms with E-state index in [1.165, 1.54) is 11.1 Å². The highest BCUT2D eigenvalue weighted by atomic mass is 16.1. The first-order valence-corrected chi connectivity index (χ1v) is 5.71. The molecule has 1 aromatic rings. The molecule has 1 atom stereocenters. The minimum Gasteiger partial charge on any atom is -0.326 e. The van der Waals surface area contributed by atoms with Crippen molar-refractivity contribution >= 4 is 11.6 Å². The van der Waals surface area contributed by atoms with Gasteiger partial charge in [0.05, 0.1) is 0 Å². The number of amides is 1. The van der Waals surface area contributed by atoms with E-state index in [-0.39, 0.29) is 5.91 Å². The molecule has 1 amide bonds. The lowest BCUT2D eigenvalue weighted by Crippen LogP contribution is -2.09. The molecular weight excluding hydrogens is 198 g/mol. The fraction of sp³-hybridized carbons (Fsp3) is 0.357. The topological polar surface area (TPSA) is 29.1 Å². The number of rotatable bonds is 2. The van der Waals surface area contributed by atoms with Gasteiger partial charge in [0.1, 0.15) is 0 Å². The van der Waals surface area contributed by atoms with Gasteiger partial charge in [0.15, 0.2) is 0 Å². The molecule has 1 N–H and O–H groups in total. The summed E-state index contributed by atoms with van der Waals surface area (Å²) in [6.45, 7) is 3.63. The summed E-state index contributed by atoms with van der Waals surface area (Å²) in [5.41, 5.74) is 3.43. The molecule has 0 bridgehead atoms. The van der Waals surface area contributed by atoms with Crippen LogP contribution in [0.2, 0.25) is 0 Å². The zero-order valence-corrected chi connectivity index (χ0v) is 9.79. The number of carbonyl (C=O) groups is 1. The summed E-state index contributed by atoms with van der Waals surface area (Å²) in [5, 5.41) is 2.90. The molecule has 2 nitrogen and oxygen atoms in total. The normalized spacial score (nSPS) is 18.8. The predicted molar refractivity (Wildman–Crippen MR) is 66.6 cm³/mol. The SMILES string of the molecule is CC(=O)Nc1ccc(C)cc1C1C=CCC1. The van der Waals surface area contributed by atoms with E-state index in [2.05, 4.69) is 30.5 Å². The first-order chi connectivity index (χ1) is 7.66. The van der Waals surface area contributed by atoms with Gasteiger partial charge < -0.3 is 5.32 Å². The van der Waals surface area contributed by atoms with Gasteiger partial charge in [-0.05, 0) is 31.4 Å². The number of aryl methyl sites for hydroxylation is 1. The van der Waals surface area contributed by atoms with Crippen molar-refractivity contribution in [3.8, 4) is 0 Å². The summed E-state index contributed by atoms with van der Waals surface area (Å²) >= 11 is 0. The van der Waals surface area contributed by atoms with E-state index in [0.29, 0.717) is 5.92 Å². The molecule has 0 saturated carbocycles. The van der Waals surface area contributed by atoms with Gasteiger partial charge in [0.2, 0.25) is 5.91 Å². The van der Waals surface area contributed by atoms with Crippen LogP contribution in [0.1, 0.15) is 36.8 Å². The van der Waals surface area contributed by atoms with E-state index in [1.807, 2.05) is 12.1 Å². The number of anilines is 1. The molecular formula is C14H17NO. The molecule has 1 aliphatic rings. The Bertz CT molecular complexity index is 434. The molecule has 0 radical (unpaired) electrons. The van der Waals surface area contributed by atoms with Crippen LogP contribution in [-0.4, -0.2) is 5.91 Å². The summed E-state index contributed by atoms with van der Waals surface area (Å²) in [4.78, 5) is 11.1. The highest BCUT2D eigenvalue weighted by molar-refractivity contribution is 5.89. The number of carbonyl (C=O) groups excluding carboxylic acids is 1. The van der Waals surface area contributed by atoms with Gasteiger partial charge in [-0.1, -0.05) is 29.8 Å². The monoisotopic (exact) mass is 215 g/mol. The fourth-order valence-electron chi connectivity index (χ4n) is 2.18. The second-order valence-corrected chi connectivity index (χ2v) is 4.38. The Morgan fingerprint density at radius 2 is 2.25 bits per heavy atom. The fourth-order valence-corrected chi connectivity index (χ4v) is 2.18. The van der Waals surface area contributed by atoms with Crippen molar-refractivity contribution in [2.24, 2.45) is 0 Å². The standard InChI is InChI=1S/C14H17NO/c1-10-7-8-14(15-11(2)16)13(9-10)12-5-3-4-6-12/h3,5,7-9,12H,4,6H2,1-2H3,(H,15,16). The van der Waals surface area contributed by atoms with Gasteiger partial charge in [-0.2, -0.15) is 0 Å². The van der Waals surface area contributed by atoms with Gasteiger partial charge in [-0.25, -0.2) is 0 Å². The maximum absolute atomic E-state index is 11.1. The predicted octanol–water partition coefficient (Wildman–Crippen LogP) is 3.39. The molecule has 16 heavy (non-hydrogen) atoms. The summed E-state index contributed by atoms with van der Waals surface area (Å²) in [6, 6.07) is 6.21. The number of hydrogen-bond acceptors (Lipinski definition) is 1. The maximum Gasteiger partial charge on any atom is 0.221 e. The average Bonchev–Trinajstić information content (AvgIpc) is 2.73. The van der Waals surface area contributed by atoms with Crippen LogP contribution >= 0.6 is 0 Å². The molecule has 0 fully saturated rings. The second-order valence-electron chi connectivity index (χ2n) is 4.38. The second kappa shape index (κ2) is 4.52. The number of allylic oxidation sites excluding steroid dienone is 2. The number of benzene rings is 1. The molecule has 0 heterocycles. The van der Waals surface area contributed by atoms with Gasteiger partial charge >= 0.3 is 0 Å². The third-order valence-electron chi connectivity index (χ3n) is 2.93. The molecule has 2 heteroatoms. The van der Waals surface area contributed by atoms with Crippen LogP contribution in [0.5, 0.6) is 0 Å². The first-order valence-electron chi connectivity index (χ1n) is 5.71. The first kappa shape index (κ1) is 10.9. The van der Waals surface area contributed by atoms with Crippen LogP contribution in [0.25, 0.3) is 0 Å². The zero-order valence-electron chi connectivity index (χ0n) is 9.79. The van der Waals surface area contributed by atoms with E-state index in [1.54, 1.807) is 6.92 Å². The largest absolute Gasteiger partial charge is 0.326 e. The molecule has 84 valence electrons. The Morgan fingerprint density at radius 1 is 1.44 bits per heavy atom. The Labute approximate surface area is 96.4 Å². The summed E-state index contributed by atoms with van der Waals surface area (Å²) in [7, 11) is 0. The summed E-state index contributed by atoms with van der Waals surface area (Å²) < 4.78 is 0. The van der Waals surface area contributed by atoms with Gasteiger partial charge in [0.25, 0.3) is 0 Å². The molecule has 1 aromatic carbocycles. The van der Waals surface area contributed by atoms with Crippen LogP contribution < -0.4 is 5.32 Å². The summed E-state index contributed by atoms with van der Waals surface area (Å²) in [5.74, 6) is 0.453. The van der Waals surface area contributed by atoms with Gasteiger partial charge in [0, 0.05) is 18.5 Å². The van der Waals surface area contributed by atoms with Crippen molar-refractivity contribution in [3.63, 3.8) is 0 Å². The Morgan fingerprint density at radius 3 is 2.88 bits per heavy atom. The van der Waals surface area contributed by atoms with Crippen LogP contribution in [0.4, 0.5) is 5.69 Å². The third kappa shape index (κ3) is 2.32. The molecule has 0 saturated heterocycles. The van der Waals surface area contributed by atoms with Crippen LogP contribution in [0.15, 0.2) is 30.4 Å². The van der Waals surface area contributed by atoms with Gasteiger partial charge in [-0.3, -0.25) is 4.79 Å².